The molecule has 1 amide bonds. The third-order valence-electron chi connectivity index (χ3n) is 0.927. The number of carbonyl (C=O) groups is 2. The Kier molecular flexibility index (Phi) is 6.93. The summed E-state index contributed by atoms with van der Waals surface area (Å²) in [7, 11) is 1.42. The highest BCUT2D eigenvalue weighted by atomic mass is 32.2. The topological polar surface area (TPSA) is 93.8 Å². The van der Waals surface area contributed by atoms with Crippen molar-refractivity contribution in [3.8, 4) is 0 Å². The number of thioether (sulfide) groups is 1. The van der Waals surface area contributed by atoms with Crippen LogP contribution in [0.25, 0.3) is 0 Å². The molecule has 0 aromatic carbocycles. The van der Waals surface area contributed by atoms with Crippen molar-refractivity contribution in [3.05, 3.63) is 0 Å². The first-order valence-corrected chi connectivity index (χ1v) is 4.45. The van der Waals surface area contributed by atoms with E-state index in [2.05, 4.69) is 15.3 Å². The molecule has 3 N–H and O–H groups in total. The van der Waals surface area contributed by atoms with E-state index in [1.165, 1.54) is 7.05 Å². The minimum atomic E-state index is -0.669. The fraction of sp³-hybridized carbons (Fsp3) is 0.500. The van der Waals surface area contributed by atoms with Crippen LogP contribution in [0.1, 0.15) is 0 Å². The van der Waals surface area contributed by atoms with Crippen LogP contribution in [-0.4, -0.2) is 36.8 Å². The lowest BCUT2D eigenvalue weighted by Gasteiger charge is -1.99. The van der Waals surface area contributed by atoms with Gasteiger partial charge >= 0.3 is 6.09 Å². The zero-order valence-electron chi connectivity index (χ0n) is 7.15. The monoisotopic (exact) mass is 205 g/mol. The fourth-order valence-electron chi connectivity index (χ4n) is 0.391. The van der Waals surface area contributed by atoms with Crippen LogP contribution in [0.5, 0.6) is 0 Å². The van der Waals surface area contributed by atoms with E-state index in [4.69, 9.17) is 5.73 Å². The maximum atomic E-state index is 10.5. The molecule has 74 valence electrons. The Morgan fingerprint density at radius 2 is 2.46 bits per heavy atom. The fourth-order valence-corrected chi connectivity index (χ4v) is 0.859. The molecule has 0 saturated heterocycles. The first-order valence-electron chi connectivity index (χ1n) is 3.46. The molecule has 0 radical (unpaired) electrons. The predicted octanol–water partition coefficient (Wildman–Crippen LogP) is -0.453. The summed E-state index contributed by atoms with van der Waals surface area (Å²) in [5, 5.41) is 6.05. The predicted molar refractivity (Wildman–Crippen MR) is 50.6 cm³/mol. The van der Waals surface area contributed by atoms with E-state index < -0.39 is 6.09 Å². The van der Waals surface area contributed by atoms with Gasteiger partial charge in [0, 0.05) is 13.6 Å². The number of nitrogens with zero attached hydrogens (tertiary/aromatic N) is 1. The Bertz CT molecular complexity index is 207. The molecular weight excluding hydrogens is 194 g/mol. The molecule has 0 bridgehead atoms. The molecule has 0 atom stereocenters. The summed E-state index contributed by atoms with van der Waals surface area (Å²) in [6.07, 6.45) is 0.0492. The number of rotatable bonds is 4. The minimum absolute atomic E-state index is 0.134. The SMILES string of the molecule is CNC(=O)O/N=C(\CN)SCC=O. The van der Waals surface area contributed by atoms with Gasteiger partial charge in [0.25, 0.3) is 0 Å². The maximum Gasteiger partial charge on any atom is 0.433 e. The second-order valence-corrected chi connectivity index (χ2v) is 2.89. The summed E-state index contributed by atoms with van der Waals surface area (Å²) in [5.74, 6) is 0.243. The number of hydrogen-bond acceptors (Lipinski definition) is 6. The van der Waals surface area contributed by atoms with Crippen LogP contribution in [-0.2, 0) is 9.63 Å². The summed E-state index contributed by atoms with van der Waals surface area (Å²) in [4.78, 5) is 24.9. The quantitative estimate of drug-likeness (QED) is 0.213. The van der Waals surface area contributed by atoms with Gasteiger partial charge in [-0.2, -0.15) is 0 Å². The van der Waals surface area contributed by atoms with Gasteiger partial charge in [-0.05, 0) is 0 Å². The normalized spacial score (nSPS) is 10.8. The third-order valence-corrected chi connectivity index (χ3v) is 1.80. The van der Waals surface area contributed by atoms with Gasteiger partial charge in [-0.3, -0.25) is 4.84 Å². The standard InChI is InChI=1S/C6H11N3O3S/c1-8-6(11)12-9-5(4-7)13-3-2-10/h2H,3-4,7H2,1H3,(H,8,11)/b9-5+. The molecule has 0 spiro atoms. The zero-order valence-corrected chi connectivity index (χ0v) is 7.97. The molecule has 0 aromatic rings. The summed E-state index contributed by atoms with van der Waals surface area (Å²) in [5.41, 5.74) is 5.26. The zero-order chi connectivity index (χ0) is 10.1. The number of carbonyl (C=O) groups excluding carboxylic acids is 2. The van der Waals surface area contributed by atoms with Crippen molar-refractivity contribution in [2.24, 2.45) is 10.9 Å². The molecule has 0 aliphatic carbocycles. The van der Waals surface area contributed by atoms with Crippen molar-refractivity contribution < 1.29 is 14.4 Å². The number of oxime groups is 1. The maximum absolute atomic E-state index is 10.5. The smallest absolute Gasteiger partial charge is 0.325 e. The van der Waals surface area contributed by atoms with Crippen molar-refractivity contribution in [3.63, 3.8) is 0 Å². The Morgan fingerprint density at radius 3 is 2.92 bits per heavy atom. The molecule has 6 nitrogen and oxygen atoms in total. The lowest BCUT2D eigenvalue weighted by atomic mass is 10.7. The van der Waals surface area contributed by atoms with Gasteiger partial charge in [0.2, 0.25) is 0 Å². The second kappa shape index (κ2) is 7.56. The molecule has 0 aromatic heterocycles. The van der Waals surface area contributed by atoms with Crippen LogP contribution in [0.3, 0.4) is 0 Å². The number of nitrogens with two attached hydrogens (primary N) is 1. The van der Waals surface area contributed by atoms with Gasteiger partial charge in [-0.25, -0.2) is 4.79 Å². The van der Waals surface area contributed by atoms with Gasteiger partial charge in [-0.1, -0.05) is 16.9 Å². The van der Waals surface area contributed by atoms with E-state index >= 15 is 0 Å². The van der Waals surface area contributed by atoms with Crippen LogP contribution in [0, 0.1) is 0 Å². The number of hydrogen-bond donors (Lipinski definition) is 2. The summed E-state index contributed by atoms with van der Waals surface area (Å²) in [6, 6.07) is 0. The summed E-state index contributed by atoms with van der Waals surface area (Å²) < 4.78 is 0. The number of aldehydes is 1. The molecule has 7 heteroatoms. The first-order chi connectivity index (χ1) is 6.24. The second-order valence-electron chi connectivity index (χ2n) is 1.80. The average molecular weight is 205 g/mol. The molecule has 0 fully saturated rings. The molecule has 0 rings (SSSR count). The molecule has 0 heterocycles. The molecule has 13 heavy (non-hydrogen) atoms. The highest BCUT2D eigenvalue weighted by Crippen LogP contribution is 2.01. The average Bonchev–Trinajstić information content (AvgIpc) is 2.17. The Hall–Kier alpha value is -1.08. The lowest BCUT2D eigenvalue weighted by Crippen LogP contribution is -2.19. The van der Waals surface area contributed by atoms with Crippen molar-refractivity contribution in [1.82, 2.24) is 5.32 Å². The summed E-state index contributed by atoms with van der Waals surface area (Å²) in [6.45, 7) is 0.134. The molecule has 0 saturated carbocycles. The van der Waals surface area contributed by atoms with Gasteiger partial charge in [0.1, 0.15) is 11.3 Å². The van der Waals surface area contributed by atoms with Crippen LogP contribution < -0.4 is 11.1 Å². The minimum Gasteiger partial charge on any atom is -0.325 e. The van der Waals surface area contributed by atoms with E-state index in [0.717, 1.165) is 18.0 Å². The lowest BCUT2D eigenvalue weighted by molar-refractivity contribution is -0.105. The largest absolute Gasteiger partial charge is 0.433 e. The molecular formula is C6H11N3O3S. The first kappa shape index (κ1) is 11.9. The van der Waals surface area contributed by atoms with Crippen molar-refractivity contribution >= 4 is 29.2 Å². The molecule has 0 aliphatic heterocycles. The highest BCUT2D eigenvalue weighted by molar-refractivity contribution is 8.14. The van der Waals surface area contributed by atoms with Gasteiger partial charge in [0.15, 0.2) is 0 Å². The molecule has 0 unspecified atom stereocenters. The van der Waals surface area contributed by atoms with Crippen LogP contribution in [0.15, 0.2) is 5.16 Å². The van der Waals surface area contributed by atoms with Crippen LogP contribution >= 0.6 is 11.8 Å². The van der Waals surface area contributed by atoms with Crippen LogP contribution in [0.4, 0.5) is 4.79 Å². The van der Waals surface area contributed by atoms with Crippen LogP contribution in [0.2, 0.25) is 0 Å². The molecule has 0 aliphatic rings. The van der Waals surface area contributed by atoms with Gasteiger partial charge in [-0.15, -0.1) is 0 Å². The Labute approximate surface area is 79.9 Å². The number of nitrogens with one attached hydrogen (secondary N) is 1. The van der Waals surface area contributed by atoms with E-state index in [-0.39, 0.29) is 12.3 Å². The van der Waals surface area contributed by atoms with E-state index in [1.54, 1.807) is 0 Å². The van der Waals surface area contributed by atoms with E-state index in [1.807, 2.05) is 0 Å². The van der Waals surface area contributed by atoms with Crippen molar-refractivity contribution in [2.45, 2.75) is 0 Å². The Balaban J connectivity index is 3.90. The Morgan fingerprint density at radius 1 is 1.77 bits per heavy atom. The summed E-state index contributed by atoms with van der Waals surface area (Å²) >= 11 is 1.13. The number of amides is 1. The van der Waals surface area contributed by atoms with Gasteiger partial charge < -0.3 is 15.8 Å². The van der Waals surface area contributed by atoms with E-state index in [0.29, 0.717) is 5.04 Å². The van der Waals surface area contributed by atoms with Crippen molar-refractivity contribution in [2.75, 3.05) is 19.3 Å². The van der Waals surface area contributed by atoms with Crippen molar-refractivity contribution in [1.29, 1.82) is 0 Å². The van der Waals surface area contributed by atoms with Gasteiger partial charge in [0.05, 0.1) is 5.75 Å². The third kappa shape index (κ3) is 6.12. The van der Waals surface area contributed by atoms with E-state index in [9.17, 15) is 9.59 Å². The highest BCUT2D eigenvalue weighted by Gasteiger charge is 2.00.